The number of alkyl halides is 3. The van der Waals surface area contributed by atoms with Crippen molar-refractivity contribution in [2.75, 3.05) is 39.5 Å². The number of aliphatic hydroxyl groups is 1. The molecule has 1 amide bonds. The van der Waals surface area contributed by atoms with Gasteiger partial charge in [-0.2, -0.15) is 0 Å². The van der Waals surface area contributed by atoms with E-state index in [9.17, 15) is 23.1 Å². The second-order valence-corrected chi connectivity index (χ2v) is 11.8. The van der Waals surface area contributed by atoms with E-state index in [0.29, 0.717) is 17.6 Å². The van der Waals surface area contributed by atoms with Crippen LogP contribution >= 0.6 is 0 Å². The average Bonchev–Trinajstić information content (AvgIpc) is 3.30. The number of nitrogens with zero attached hydrogens (tertiary/aromatic N) is 2. The number of amides is 1. The largest absolute Gasteiger partial charge is 0.489 e. The normalized spacial score (nSPS) is 17.6. The van der Waals surface area contributed by atoms with Gasteiger partial charge in [0.15, 0.2) is 11.6 Å². The zero-order valence-electron chi connectivity index (χ0n) is 24.7. The molecule has 1 aliphatic rings. The van der Waals surface area contributed by atoms with Crippen molar-refractivity contribution in [1.29, 1.82) is 0 Å². The van der Waals surface area contributed by atoms with E-state index in [4.69, 9.17) is 9.47 Å². The Kier molecular flexibility index (Phi) is 9.90. The monoisotopic (exact) mass is 611 g/mol. The Hall–Kier alpha value is -3.38. The van der Waals surface area contributed by atoms with E-state index >= 15 is 8.78 Å². The molecule has 0 bridgehead atoms. The number of aromatic amines is 1. The molecule has 1 aromatic heterocycles. The van der Waals surface area contributed by atoms with Gasteiger partial charge in [0.2, 0.25) is 0 Å². The lowest BCUT2D eigenvalue weighted by Crippen LogP contribution is -2.49. The molecule has 12 heteroatoms. The Labute approximate surface area is 247 Å². The zero-order chi connectivity index (χ0) is 31.5. The van der Waals surface area contributed by atoms with Gasteiger partial charge in [-0.05, 0) is 64.3 Å². The summed E-state index contributed by atoms with van der Waals surface area (Å²) in [4.78, 5) is 18.3. The molecule has 0 fully saturated rings. The van der Waals surface area contributed by atoms with Crippen molar-refractivity contribution in [1.82, 2.24) is 14.8 Å². The van der Waals surface area contributed by atoms with E-state index < -0.39 is 66.7 Å². The van der Waals surface area contributed by atoms with Gasteiger partial charge >= 0.3 is 6.09 Å². The Morgan fingerprint density at radius 3 is 2.53 bits per heavy atom. The Bertz CT molecular complexity index is 1420. The Morgan fingerprint density at radius 2 is 1.86 bits per heavy atom. The molecule has 1 aliphatic heterocycles. The standard InChI is InChI=1S/C31H38F5N3O4/c1-19-16-21-20-8-5-6-9-23(20)37-27(21)28(39(19)17-31(35,36)18-40)25-22(33)10-11-24(26(25)34)42-15-14-38(13-7-12-32)29(41)43-30(2,3)4/h5-6,8-11,19,28,37,40H,7,12-18H2,1-4H3/t19-,28-/m1/s1. The van der Waals surface area contributed by atoms with Crippen LogP contribution in [0.1, 0.15) is 57.0 Å². The highest BCUT2D eigenvalue weighted by atomic mass is 19.3. The highest BCUT2D eigenvalue weighted by molar-refractivity contribution is 5.85. The first-order chi connectivity index (χ1) is 20.3. The van der Waals surface area contributed by atoms with Crippen molar-refractivity contribution in [2.45, 2.75) is 64.1 Å². The molecule has 2 N–H and O–H groups in total. The third-order valence-electron chi connectivity index (χ3n) is 7.36. The second kappa shape index (κ2) is 13.1. The fourth-order valence-electron chi connectivity index (χ4n) is 5.43. The fourth-order valence-corrected chi connectivity index (χ4v) is 5.43. The van der Waals surface area contributed by atoms with Gasteiger partial charge in [0.25, 0.3) is 5.92 Å². The van der Waals surface area contributed by atoms with Crippen LogP contribution in [0.4, 0.5) is 26.7 Å². The van der Waals surface area contributed by atoms with Gasteiger partial charge in [-0.3, -0.25) is 9.29 Å². The number of halogens is 5. The quantitative estimate of drug-likeness (QED) is 0.246. The van der Waals surface area contributed by atoms with Crippen LogP contribution in [-0.4, -0.2) is 83.1 Å². The molecule has 7 nitrogen and oxygen atoms in total. The van der Waals surface area contributed by atoms with Gasteiger partial charge in [0, 0.05) is 29.2 Å². The number of rotatable bonds is 11. The number of carbonyl (C=O) groups is 1. The molecule has 3 aromatic rings. The third kappa shape index (κ3) is 7.41. The summed E-state index contributed by atoms with van der Waals surface area (Å²) < 4.78 is 84.8. The molecule has 2 aromatic carbocycles. The maximum atomic E-state index is 16.2. The minimum absolute atomic E-state index is 0.0447. The molecule has 0 saturated heterocycles. The number of H-pyrrole nitrogens is 1. The summed E-state index contributed by atoms with van der Waals surface area (Å²) in [7, 11) is 0. The molecular weight excluding hydrogens is 573 g/mol. The fraction of sp³-hybridized carbons (Fsp3) is 0.516. The number of para-hydroxylation sites is 1. The van der Waals surface area contributed by atoms with E-state index in [0.717, 1.165) is 23.1 Å². The summed E-state index contributed by atoms with van der Waals surface area (Å²) in [6.07, 6.45) is -0.279. The van der Waals surface area contributed by atoms with Crippen molar-refractivity contribution in [2.24, 2.45) is 0 Å². The van der Waals surface area contributed by atoms with Crippen molar-refractivity contribution in [3.63, 3.8) is 0 Å². The van der Waals surface area contributed by atoms with E-state index in [2.05, 4.69) is 4.98 Å². The highest BCUT2D eigenvalue weighted by Crippen LogP contribution is 2.44. The number of benzene rings is 2. The van der Waals surface area contributed by atoms with Crippen LogP contribution in [0.15, 0.2) is 36.4 Å². The topological polar surface area (TPSA) is 78.0 Å². The van der Waals surface area contributed by atoms with E-state index in [1.807, 2.05) is 12.1 Å². The van der Waals surface area contributed by atoms with Gasteiger partial charge in [0.05, 0.1) is 31.4 Å². The molecule has 2 atom stereocenters. The third-order valence-corrected chi connectivity index (χ3v) is 7.36. The summed E-state index contributed by atoms with van der Waals surface area (Å²) in [6, 6.07) is 7.54. The molecule has 0 spiro atoms. The predicted molar refractivity (Wildman–Crippen MR) is 152 cm³/mol. The molecular formula is C31H38F5N3O4. The first kappa shape index (κ1) is 32.5. The average molecular weight is 612 g/mol. The molecule has 0 unspecified atom stereocenters. The Balaban J connectivity index is 1.69. The summed E-state index contributed by atoms with van der Waals surface area (Å²) in [6.45, 7) is 3.50. The smallest absolute Gasteiger partial charge is 0.410 e. The molecule has 43 heavy (non-hydrogen) atoms. The van der Waals surface area contributed by atoms with Crippen LogP contribution in [0.5, 0.6) is 5.75 Å². The van der Waals surface area contributed by atoms with E-state index in [1.54, 1.807) is 39.8 Å². The number of nitrogens with one attached hydrogen (secondary N) is 1. The first-order valence-electron chi connectivity index (χ1n) is 14.2. The summed E-state index contributed by atoms with van der Waals surface area (Å²) in [5.74, 6) is -5.89. The number of fused-ring (bicyclic) bond motifs is 3. The molecule has 2 heterocycles. The number of aliphatic hydroxyl groups excluding tert-OH is 1. The van der Waals surface area contributed by atoms with Crippen LogP contribution < -0.4 is 4.74 Å². The van der Waals surface area contributed by atoms with Gasteiger partial charge in [0.1, 0.15) is 24.6 Å². The lowest BCUT2D eigenvalue weighted by atomic mass is 9.87. The molecule has 0 saturated carbocycles. The minimum Gasteiger partial charge on any atom is -0.489 e. The van der Waals surface area contributed by atoms with Crippen LogP contribution in [0.2, 0.25) is 0 Å². The number of ether oxygens (including phenoxy) is 2. The first-order valence-corrected chi connectivity index (χ1v) is 14.2. The van der Waals surface area contributed by atoms with E-state index in [-0.39, 0.29) is 31.9 Å². The van der Waals surface area contributed by atoms with Gasteiger partial charge in [-0.1, -0.05) is 18.2 Å². The highest BCUT2D eigenvalue weighted by Gasteiger charge is 2.43. The minimum atomic E-state index is -3.53. The van der Waals surface area contributed by atoms with Gasteiger partial charge in [-0.25, -0.2) is 22.4 Å². The van der Waals surface area contributed by atoms with Gasteiger partial charge < -0.3 is 24.5 Å². The molecule has 236 valence electrons. The zero-order valence-corrected chi connectivity index (χ0v) is 24.7. The number of aromatic nitrogens is 1. The summed E-state index contributed by atoms with van der Waals surface area (Å²) >= 11 is 0. The predicted octanol–water partition coefficient (Wildman–Crippen LogP) is 6.39. The van der Waals surface area contributed by atoms with Crippen LogP contribution in [0.3, 0.4) is 0 Å². The van der Waals surface area contributed by atoms with Crippen molar-refractivity contribution < 1.29 is 41.3 Å². The van der Waals surface area contributed by atoms with E-state index in [1.165, 1.54) is 9.80 Å². The molecule has 0 aliphatic carbocycles. The Morgan fingerprint density at radius 1 is 1.14 bits per heavy atom. The maximum absolute atomic E-state index is 16.2. The summed E-state index contributed by atoms with van der Waals surface area (Å²) in [5, 5.41) is 10.1. The lowest BCUT2D eigenvalue weighted by Gasteiger charge is -2.42. The summed E-state index contributed by atoms with van der Waals surface area (Å²) in [5.41, 5.74) is 0.574. The number of hydrogen-bond donors (Lipinski definition) is 2. The molecule has 0 radical (unpaired) electrons. The van der Waals surface area contributed by atoms with Crippen LogP contribution in [0, 0.1) is 11.6 Å². The number of carbonyl (C=O) groups excluding carboxylic acids is 1. The van der Waals surface area contributed by atoms with Crippen LogP contribution in [0.25, 0.3) is 10.9 Å². The van der Waals surface area contributed by atoms with Gasteiger partial charge in [-0.15, -0.1) is 0 Å². The van der Waals surface area contributed by atoms with Crippen molar-refractivity contribution in [3.8, 4) is 5.75 Å². The number of hydrogen-bond acceptors (Lipinski definition) is 5. The van der Waals surface area contributed by atoms with Crippen molar-refractivity contribution >= 4 is 17.0 Å². The lowest BCUT2D eigenvalue weighted by molar-refractivity contribution is -0.0869. The van der Waals surface area contributed by atoms with Crippen LogP contribution in [-0.2, 0) is 11.2 Å². The maximum Gasteiger partial charge on any atom is 0.410 e. The van der Waals surface area contributed by atoms with Crippen molar-refractivity contribution in [3.05, 3.63) is 64.9 Å². The molecule has 4 rings (SSSR count). The SMILES string of the molecule is C[C@@H]1Cc2c([nH]c3ccccc23)[C@@H](c2c(F)ccc(OCCN(CCCF)C(=O)OC(C)(C)C)c2F)N1CC(F)(F)CO. The second-order valence-electron chi connectivity index (χ2n) is 11.8.